The Balaban J connectivity index is 1.50. The summed E-state index contributed by atoms with van der Waals surface area (Å²) < 4.78 is 28.3. The van der Waals surface area contributed by atoms with Gasteiger partial charge in [-0.05, 0) is 61.4 Å². The molecule has 0 spiro atoms. The maximum Gasteiger partial charge on any atom is 0.243 e. The molecule has 3 aromatic carbocycles. The van der Waals surface area contributed by atoms with E-state index in [4.69, 9.17) is 23.2 Å². The number of nitrogens with zero attached hydrogens (tertiary/aromatic N) is 3. The van der Waals surface area contributed by atoms with E-state index >= 15 is 0 Å². The number of carbonyl (C=O) groups excluding carboxylic acids is 1. The van der Waals surface area contributed by atoms with Gasteiger partial charge in [0.2, 0.25) is 15.9 Å². The van der Waals surface area contributed by atoms with Gasteiger partial charge in [-0.2, -0.15) is 4.31 Å². The van der Waals surface area contributed by atoms with E-state index in [9.17, 15) is 13.2 Å². The average Bonchev–Trinajstić information content (AvgIpc) is 2.86. The maximum absolute atomic E-state index is 13.5. The number of sulfonamides is 1. The Morgan fingerprint density at radius 2 is 1.47 bits per heavy atom. The van der Waals surface area contributed by atoms with Crippen molar-refractivity contribution in [1.29, 1.82) is 0 Å². The average molecular weight is 547 g/mol. The Bertz CT molecular complexity index is 1320. The molecule has 9 heteroatoms. The van der Waals surface area contributed by atoms with Gasteiger partial charge in [0, 0.05) is 48.5 Å². The van der Waals surface area contributed by atoms with Crippen LogP contribution in [-0.4, -0.2) is 56.3 Å². The number of benzene rings is 3. The molecule has 6 nitrogen and oxygen atoms in total. The number of aryl methyl sites for hydroxylation is 2. The SMILES string of the molecule is Cc1ccc(S(=O)(=O)N(CC(=O)N2CCN(c3cc(Cl)ccc3C)CC2)Cc2ccc(Cl)cc2)cc1. The predicted molar refractivity (Wildman–Crippen MR) is 145 cm³/mol. The summed E-state index contributed by atoms with van der Waals surface area (Å²) in [6, 6.07) is 19.4. The molecular weight excluding hydrogens is 517 g/mol. The van der Waals surface area contributed by atoms with Gasteiger partial charge in [0.25, 0.3) is 0 Å². The third kappa shape index (κ3) is 6.21. The second-order valence-corrected chi connectivity index (χ2v) is 11.8. The lowest BCUT2D eigenvalue weighted by molar-refractivity contribution is -0.131. The van der Waals surface area contributed by atoms with Gasteiger partial charge in [-0.1, -0.05) is 59.1 Å². The summed E-state index contributed by atoms with van der Waals surface area (Å²) >= 11 is 12.2. The standard InChI is InChI=1S/C27H29Cl2N3O3S/c1-20-3-11-25(12-4-20)36(34,35)32(18-22-6-9-23(28)10-7-22)19-27(33)31-15-13-30(14-16-31)26-17-24(29)8-5-21(26)2/h3-12,17H,13-16,18-19H2,1-2H3. The fourth-order valence-electron chi connectivity index (χ4n) is 4.25. The molecule has 1 aliphatic heterocycles. The molecule has 1 saturated heterocycles. The first-order valence-electron chi connectivity index (χ1n) is 11.7. The van der Waals surface area contributed by atoms with Crippen molar-refractivity contribution < 1.29 is 13.2 Å². The van der Waals surface area contributed by atoms with Crippen molar-refractivity contribution in [3.63, 3.8) is 0 Å². The second-order valence-electron chi connectivity index (χ2n) is 9.01. The Labute approximate surface area is 223 Å². The highest BCUT2D eigenvalue weighted by molar-refractivity contribution is 7.89. The molecule has 0 saturated carbocycles. The summed E-state index contributed by atoms with van der Waals surface area (Å²) in [4.78, 5) is 17.4. The molecule has 0 aromatic heterocycles. The minimum atomic E-state index is -3.90. The number of halogens is 2. The van der Waals surface area contributed by atoms with Crippen molar-refractivity contribution in [2.75, 3.05) is 37.6 Å². The monoisotopic (exact) mass is 545 g/mol. The normalized spacial score (nSPS) is 14.4. The highest BCUT2D eigenvalue weighted by Gasteiger charge is 2.30. The van der Waals surface area contributed by atoms with E-state index in [1.165, 1.54) is 4.31 Å². The van der Waals surface area contributed by atoms with Gasteiger partial charge in [0.1, 0.15) is 0 Å². The molecule has 190 valence electrons. The Kier molecular flexibility index (Phi) is 8.25. The minimum Gasteiger partial charge on any atom is -0.368 e. The molecular formula is C27H29Cl2N3O3S. The van der Waals surface area contributed by atoms with Crippen molar-refractivity contribution in [2.45, 2.75) is 25.3 Å². The molecule has 0 N–H and O–H groups in total. The van der Waals surface area contributed by atoms with Crippen molar-refractivity contribution in [3.8, 4) is 0 Å². The zero-order valence-electron chi connectivity index (χ0n) is 20.3. The number of carbonyl (C=O) groups is 1. The van der Waals surface area contributed by atoms with E-state index in [2.05, 4.69) is 4.90 Å². The summed E-state index contributed by atoms with van der Waals surface area (Å²) in [6.45, 7) is 6.07. The first-order chi connectivity index (χ1) is 17.1. The quantitative estimate of drug-likeness (QED) is 0.412. The van der Waals surface area contributed by atoms with Crippen LogP contribution < -0.4 is 4.90 Å². The van der Waals surface area contributed by atoms with E-state index in [0.29, 0.717) is 36.2 Å². The lowest BCUT2D eigenvalue weighted by Gasteiger charge is -2.37. The van der Waals surface area contributed by atoms with Crippen molar-refractivity contribution in [2.24, 2.45) is 0 Å². The molecule has 4 rings (SSSR count). The smallest absolute Gasteiger partial charge is 0.243 e. The highest BCUT2D eigenvalue weighted by atomic mass is 35.5. The predicted octanol–water partition coefficient (Wildman–Crippen LogP) is 5.15. The largest absolute Gasteiger partial charge is 0.368 e. The Morgan fingerprint density at radius 1 is 0.861 bits per heavy atom. The second kappa shape index (κ2) is 11.2. The summed E-state index contributed by atoms with van der Waals surface area (Å²) in [5, 5.41) is 1.24. The number of amides is 1. The number of hydrogen-bond donors (Lipinski definition) is 0. The van der Waals surface area contributed by atoms with Gasteiger partial charge in [0.15, 0.2) is 0 Å². The Hall–Kier alpha value is -2.58. The summed E-state index contributed by atoms with van der Waals surface area (Å²) in [5.41, 5.74) is 3.89. The van der Waals surface area contributed by atoms with Gasteiger partial charge in [-0.15, -0.1) is 0 Å². The minimum absolute atomic E-state index is 0.0702. The third-order valence-electron chi connectivity index (χ3n) is 6.39. The van der Waals surface area contributed by atoms with E-state index < -0.39 is 10.0 Å². The van der Waals surface area contributed by atoms with Crippen LogP contribution in [0.1, 0.15) is 16.7 Å². The van der Waals surface area contributed by atoms with Crippen molar-refractivity contribution in [1.82, 2.24) is 9.21 Å². The van der Waals surface area contributed by atoms with Crippen LogP contribution in [0.2, 0.25) is 10.0 Å². The lowest BCUT2D eigenvalue weighted by Crippen LogP contribution is -2.51. The third-order valence-corrected chi connectivity index (χ3v) is 8.68. The fourth-order valence-corrected chi connectivity index (χ4v) is 5.92. The van der Waals surface area contributed by atoms with E-state index in [1.54, 1.807) is 53.4 Å². The molecule has 1 aliphatic rings. The summed E-state index contributed by atoms with van der Waals surface area (Å²) in [7, 11) is -3.90. The zero-order chi connectivity index (χ0) is 25.9. The van der Waals surface area contributed by atoms with Crippen molar-refractivity contribution >= 4 is 44.8 Å². The molecule has 0 bridgehead atoms. The number of hydrogen-bond acceptors (Lipinski definition) is 4. The van der Waals surface area contributed by atoms with Crippen LogP contribution in [0.3, 0.4) is 0 Å². The van der Waals surface area contributed by atoms with Crippen LogP contribution in [0.25, 0.3) is 0 Å². The van der Waals surface area contributed by atoms with Crippen LogP contribution in [-0.2, 0) is 21.4 Å². The summed E-state index contributed by atoms with van der Waals surface area (Å²) in [5.74, 6) is -0.220. The number of rotatable bonds is 7. The zero-order valence-corrected chi connectivity index (χ0v) is 22.7. The molecule has 1 amide bonds. The number of anilines is 1. The van der Waals surface area contributed by atoms with Crippen LogP contribution in [0.5, 0.6) is 0 Å². The summed E-state index contributed by atoms with van der Waals surface area (Å²) in [6.07, 6.45) is 0. The fraction of sp³-hybridized carbons (Fsp3) is 0.296. The van der Waals surface area contributed by atoms with Gasteiger partial charge in [0.05, 0.1) is 11.4 Å². The van der Waals surface area contributed by atoms with Gasteiger partial charge >= 0.3 is 0 Å². The number of piperazine rings is 1. The van der Waals surface area contributed by atoms with Crippen LogP contribution in [0.15, 0.2) is 71.6 Å². The van der Waals surface area contributed by atoms with Gasteiger partial charge < -0.3 is 9.80 Å². The molecule has 0 aliphatic carbocycles. The molecule has 0 atom stereocenters. The molecule has 36 heavy (non-hydrogen) atoms. The lowest BCUT2D eigenvalue weighted by atomic mass is 10.1. The Morgan fingerprint density at radius 3 is 2.11 bits per heavy atom. The van der Waals surface area contributed by atoms with Crippen LogP contribution in [0, 0.1) is 13.8 Å². The first-order valence-corrected chi connectivity index (χ1v) is 13.9. The van der Waals surface area contributed by atoms with E-state index in [1.807, 2.05) is 32.0 Å². The highest BCUT2D eigenvalue weighted by Crippen LogP contribution is 2.26. The molecule has 0 unspecified atom stereocenters. The van der Waals surface area contributed by atoms with Gasteiger partial charge in [-0.3, -0.25) is 4.79 Å². The molecule has 3 aromatic rings. The van der Waals surface area contributed by atoms with Gasteiger partial charge in [-0.25, -0.2) is 8.42 Å². The maximum atomic E-state index is 13.5. The van der Waals surface area contributed by atoms with Crippen LogP contribution >= 0.6 is 23.2 Å². The molecule has 0 radical (unpaired) electrons. The molecule has 1 heterocycles. The van der Waals surface area contributed by atoms with Crippen LogP contribution in [0.4, 0.5) is 5.69 Å². The molecule has 1 fully saturated rings. The van der Waals surface area contributed by atoms with Crippen molar-refractivity contribution in [3.05, 3.63) is 93.5 Å². The van der Waals surface area contributed by atoms with E-state index in [0.717, 1.165) is 22.4 Å². The topological polar surface area (TPSA) is 60.9 Å². The van der Waals surface area contributed by atoms with E-state index in [-0.39, 0.29) is 23.9 Å². The first kappa shape index (κ1) is 26.5.